The third kappa shape index (κ3) is 5.50. The quantitative estimate of drug-likeness (QED) is 0.461. The summed E-state index contributed by atoms with van der Waals surface area (Å²) in [6.45, 7) is 6.12. The molecule has 0 N–H and O–H groups in total. The molecule has 1 aliphatic heterocycles. The summed E-state index contributed by atoms with van der Waals surface area (Å²) in [4.78, 5) is 11.2. The topological polar surface area (TPSA) is 44.8 Å². The summed E-state index contributed by atoms with van der Waals surface area (Å²) < 4.78 is 16.3. The van der Waals surface area contributed by atoms with E-state index >= 15 is 0 Å². The van der Waals surface area contributed by atoms with Crippen LogP contribution < -0.4 is 0 Å². The molecular formula is C13H24O4. The molecule has 0 aliphatic carbocycles. The first-order chi connectivity index (χ1) is 8.27. The second kappa shape index (κ2) is 8.48. The van der Waals surface area contributed by atoms with Crippen molar-refractivity contribution in [3.8, 4) is 0 Å². The van der Waals surface area contributed by atoms with Crippen LogP contribution in [0.5, 0.6) is 0 Å². The summed E-state index contributed by atoms with van der Waals surface area (Å²) in [5.74, 6) is -0.171. The molecule has 0 saturated carbocycles. The first-order valence-electron chi connectivity index (χ1n) is 6.66. The van der Waals surface area contributed by atoms with Crippen LogP contribution in [0.4, 0.5) is 0 Å². The zero-order valence-corrected chi connectivity index (χ0v) is 10.9. The molecule has 17 heavy (non-hydrogen) atoms. The van der Waals surface area contributed by atoms with E-state index in [1.165, 1.54) is 0 Å². The maximum atomic E-state index is 11.2. The molecule has 0 radical (unpaired) electrons. The van der Waals surface area contributed by atoms with Gasteiger partial charge in [-0.05, 0) is 12.8 Å². The Morgan fingerprint density at radius 3 is 2.65 bits per heavy atom. The minimum absolute atomic E-state index is 0.115. The standard InChI is InChI=1S/C13H24O4/c1-3-5-7-15-10-12-11(9-13(14)17-12)16-8-6-4-2/h11-12H,3-10H2,1-2H3/t11-,12+/m0/s1. The van der Waals surface area contributed by atoms with Gasteiger partial charge in [0.1, 0.15) is 6.10 Å². The van der Waals surface area contributed by atoms with Crippen LogP contribution in [0, 0.1) is 0 Å². The van der Waals surface area contributed by atoms with E-state index in [-0.39, 0.29) is 18.2 Å². The number of carbonyl (C=O) groups is 1. The normalized spacial score (nSPS) is 24.0. The molecule has 0 amide bonds. The molecule has 0 aromatic carbocycles. The van der Waals surface area contributed by atoms with Gasteiger partial charge in [-0.3, -0.25) is 4.79 Å². The lowest BCUT2D eigenvalue weighted by Gasteiger charge is -2.18. The van der Waals surface area contributed by atoms with Crippen molar-refractivity contribution in [1.82, 2.24) is 0 Å². The van der Waals surface area contributed by atoms with Gasteiger partial charge < -0.3 is 14.2 Å². The van der Waals surface area contributed by atoms with Gasteiger partial charge in [-0.25, -0.2) is 0 Å². The van der Waals surface area contributed by atoms with Crippen molar-refractivity contribution in [3.63, 3.8) is 0 Å². The number of carbonyl (C=O) groups excluding carboxylic acids is 1. The van der Waals surface area contributed by atoms with Crippen LogP contribution >= 0.6 is 0 Å². The van der Waals surface area contributed by atoms with E-state index in [0.29, 0.717) is 19.6 Å². The molecule has 0 spiro atoms. The minimum atomic E-state index is -0.212. The number of cyclic esters (lactones) is 1. The molecule has 1 rings (SSSR count). The Bertz CT molecular complexity index is 217. The zero-order valence-electron chi connectivity index (χ0n) is 10.9. The van der Waals surface area contributed by atoms with E-state index in [2.05, 4.69) is 13.8 Å². The second-order valence-electron chi connectivity index (χ2n) is 4.42. The lowest BCUT2D eigenvalue weighted by molar-refractivity contribution is -0.144. The number of unbranched alkanes of at least 4 members (excludes halogenated alkanes) is 2. The molecular weight excluding hydrogens is 220 g/mol. The van der Waals surface area contributed by atoms with Crippen LogP contribution in [-0.4, -0.2) is 38.0 Å². The molecule has 0 unspecified atom stereocenters. The Labute approximate surface area is 104 Å². The fourth-order valence-electron chi connectivity index (χ4n) is 1.72. The lowest BCUT2D eigenvalue weighted by atomic mass is 10.2. The van der Waals surface area contributed by atoms with E-state index < -0.39 is 0 Å². The summed E-state index contributed by atoms with van der Waals surface area (Å²) in [7, 11) is 0. The van der Waals surface area contributed by atoms with E-state index in [4.69, 9.17) is 14.2 Å². The average Bonchev–Trinajstić information content (AvgIpc) is 2.66. The largest absolute Gasteiger partial charge is 0.457 e. The van der Waals surface area contributed by atoms with Crippen molar-refractivity contribution in [2.24, 2.45) is 0 Å². The summed E-state index contributed by atoms with van der Waals surface area (Å²) in [6, 6.07) is 0. The monoisotopic (exact) mass is 244 g/mol. The fourth-order valence-corrected chi connectivity index (χ4v) is 1.72. The van der Waals surface area contributed by atoms with Crippen molar-refractivity contribution in [3.05, 3.63) is 0 Å². The number of hydrogen-bond donors (Lipinski definition) is 0. The Kier molecular flexibility index (Phi) is 7.21. The highest BCUT2D eigenvalue weighted by molar-refractivity contribution is 5.72. The van der Waals surface area contributed by atoms with Gasteiger partial charge in [0.05, 0.1) is 13.0 Å². The van der Waals surface area contributed by atoms with Gasteiger partial charge in [0.25, 0.3) is 0 Å². The van der Waals surface area contributed by atoms with Crippen LogP contribution in [-0.2, 0) is 19.0 Å². The Hall–Kier alpha value is -0.610. The average molecular weight is 244 g/mol. The first kappa shape index (κ1) is 14.5. The van der Waals surface area contributed by atoms with Gasteiger partial charge in [-0.1, -0.05) is 26.7 Å². The van der Waals surface area contributed by atoms with Gasteiger partial charge in [0.15, 0.2) is 6.10 Å². The smallest absolute Gasteiger partial charge is 0.309 e. The van der Waals surface area contributed by atoms with Crippen LogP contribution in [0.25, 0.3) is 0 Å². The molecule has 100 valence electrons. The van der Waals surface area contributed by atoms with E-state index in [0.717, 1.165) is 32.3 Å². The first-order valence-corrected chi connectivity index (χ1v) is 6.66. The molecule has 4 nitrogen and oxygen atoms in total. The molecule has 4 heteroatoms. The molecule has 1 fully saturated rings. The number of rotatable bonds is 9. The van der Waals surface area contributed by atoms with Crippen LogP contribution in [0.1, 0.15) is 46.0 Å². The minimum Gasteiger partial charge on any atom is -0.457 e. The van der Waals surface area contributed by atoms with Crippen LogP contribution in [0.15, 0.2) is 0 Å². The zero-order chi connectivity index (χ0) is 12.5. The fraction of sp³-hybridized carbons (Fsp3) is 0.923. The highest BCUT2D eigenvalue weighted by Crippen LogP contribution is 2.19. The molecule has 0 aromatic rings. The van der Waals surface area contributed by atoms with E-state index in [1.54, 1.807) is 0 Å². The van der Waals surface area contributed by atoms with Crippen molar-refractivity contribution in [1.29, 1.82) is 0 Å². The van der Waals surface area contributed by atoms with Crippen molar-refractivity contribution in [2.45, 2.75) is 58.2 Å². The van der Waals surface area contributed by atoms with Crippen molar-refractivity contribution in [2.75, 3.05) is 19.8 Å². The van der Waals surface area contributed by atoms with Crippen LogP contribution in [0.3, 0.4) is 0 Å². The van der Waals surface area contributed by atoms with E-state index in [1.807, 2.05) is 0 Å². The van der Waals surface area contributed by atoms with Gasteiger partial charge in [-0.15, -0.1) is 0 Å². The summed E-state index contributed by atoms with van der Waals surface area (Å²) >= 11 is 0. The van der Waals surface area contributed by atoms with Gasteiger partial charge >= 0.3 is 5.97 Å². The summed E-state index contributed by atoms with van der Waals surface area (Å²) in [6.07, 6.45) is 4.31. The predicted molar refractivity (Wildman–Crippen MR) is 64.9 cm³/mol. The molecule has 0 bridgehead atoms. The molecule has 0 aromatic heterocycles. The third-order valence-corrected chi connectivity index (χ3v) is 2.82. The van der Waals surface area contributed by atoms with Crippen molar-refractivity contribution >= 4 is 5.97 Å². The number of ether oxygens (including phenoxy) is 3. The predicted octanol–water partition coefficient (Wildman–Crippen LogP) is 2.30. The van der Waals surface area contributed by atoms with Gasteiger partial charge in [0.2, 0.25) is 0 Å². The summed E-state index contributed by atoms with van der Waals surface area (Å²) in [5.41, 5.74) is 0. The maximum absolute atomic E-state index is 11.2. The Balaban J connectivity index is 2.21. The Morgan fingerprint density at radius 1 is 1.24 bits per heavy atom. The van der Waals surface area contributed by atoms with Gasteiger partial charge in [0, 0.05) is 13.2 Å². The Morgan fingerprint density at radius 2 is 1.94 bits per heavy atom. The summed E-state index contributed by atoms with van der Waals surface area (Å²) in [5, 5.41) is 0. The third-order valence-electron chi connectivity index (χ3n) is 2.82. The molecule has 1 heterocycles. The van der Waals surface area contributed by atoms with Crippen LogP contribution in [0.2, 0.25) is 0 Å². The number of hydrogen-bond acceptors (Lipinski definition) is 4. The molecule has 1 saturated heterocycles. The lowest BCUT2D eigenvalue weighted by Crippen LogP contribution is -2.29. The maximum Gasteiger partial charge on any atom is 0.309 e. The molecule has 1 aliphatic rings. The van der Waals surface area contributed by atoms with Crippen molar-refractivity contribution < 1.29 is 19.0 Å². The van der Waals surface area contributed by atoms with E-state index in [9.17, 15) is 4.79 Å². The number of esters is 1. The highest BCUT2D eigenvalue weighted by atomic mass is 16.6. The molecule has 2 atom stereocenters. The SMILES string of the molecule is CCCCOC[C@H]1OC(=O)C[C@@H]1OCCCC. The van der Waals surface area contributed by atoms with Gasteiger partial charge in [-0.2, -0.15) is 0 Å². The highest BCUT2D eigenvalue weighted by Gasteiger charge is 2.35. The second-order valence-corrected chi connectivity index (χ2v) is 4.42.